The smallest absolute Gasteiger partial charge is 0.339 e. The Hall–Kier alpha value is -4.76. The molecule has 7 rings (SSSR count). The lowest BCUT2D eigenvalue weighted by atomic mass is 10.0. The first-order valence-corrected chi connectivity index (χ1v) is 14.8. The van der Waals surface area contributed by atoms with Gasteiger partial charge in [0, 0.05) is 50.3 Å². The summed E-state index contributed by atoms with van der Waals surface area (Å²) in [5, 5.41) is 22.8. The molecule has 5 aromatic rings. The van der Waals surface area contributed by atoms with E-state index in [1.54, 1.807) is 9.36 Å². The largest absolute Gasteiger partial charge is 0.489 e. The van der Waals surface area contributed by atoms with Gasteiger partial charge in [0.15, 0.2) is 0 Å². The second-order valence-electron chi connectivity index (χ2n) is 11.6. The number of ether oxygens (including phenoxy) is 1. The van der Waals surface area contributed by atoms with Crippen LogP contribution in [0.1, 0.15) is 64.5 Å². The van der Waals surface area contributed by atoms with Gasteiger partial charge in [-0.25, -0.2) is 9.48 Å². The number of carboxylic acids is 1. The van der Waals surface area contributed by atoms with E-state index in [-0.39, 0.29) is 23.5 Å². The number of aromatic carboxylic acids is 1. The van der Waals surface area contributed by atoms with E-state index >= 15 is 0 Å². The minimum atomic E-state index is -0.971. The maximum atomic E-state index is 12.2. The molecular weight excluding hydrogens is 540 g/mol. The van der Waals surface area contributed by atoms with E-state index in [4.69, 9.17) is 4.74 Å². The summed E-state index contributed by atoms with van der Waals surface area (Å²) >= 11 is 0. The van der Waals surface area contributed by atoms with Gasteiger partial charge >= 0.3 is 5.97 Å². The van der Waals surface area contributed by atoms with Crippen LogP contribution in [-0.2, 0) is 20.1 Å². The van der Waals surface area contributed by atoms with E-state index in [2.05, 4.69) is 81.8 Å². The lowest BCUT2D eigenvalue weighted by Gasteiger charge is -2.23. The van der Waals surface area contributed by atoms with Crippen molar-refractivity contribution in [2.45, 2.75) is 50.8 Å². The van der Waals surface area contributed by atoms with Crippen LogP contribution in [-0.4, -0.2) is 53.4 Å². The van der Waals surface area contributed by atoms with E-state index in [1.807, 2.05) is 31.4 Å². The van der Waals surface area contributed by atoms with Crippen LogP contribution in [0.15, 0.2) is 85.2 Å². The molecular formula is C34H34N6O3. The highest BCUT2D eigenvalue weighted by molar-refractivity contribution is 5.89. The summed E-state index contributed by atoms with van der Waals surface area (Å²) in [5.41, 5.74) is 7.27. The van der Waals surface area contributed by atoms with E-state index in [0.717, 1.165) is 60.7 Å². The Morgan fingerprint density at radius 3 is 2.63 bits per heavy atom. The zero-order valence-corrected chi connectivity index (χ0v) is 24.3. The number of carbonyl (C=O) groups is 1. The molecule has 1 saturated carbocycles. The van der Waals surface area contributed by atoms with Crippen LogP contribution in [0.4, 0.5) is 0 Å². The molecule has 1 fully saturated rings. The summed E-state index contributed by atoms with van der Waals surface area (Å²) in [5.74, 6) is 0.167. The molecule has 3 heterocycles. The number of para-hydroxylation sites is 1. The van der Waals surface area contributed by atoms with Crippen LogP contribution < -0.4 is 4.74 Å². The van der Waals surface area contributed by atoms with Crippen LogP contribution in [0.2, 0.25) is 0 Å². The molecule has 1 aliphatic carbocycles. The molecule has 2 aliphatic rings. The fraction of sp³-hybridized carbons (Fsp3) is 0.294. The predicted octanol–water partition coefficient (Wildman–Crippen LogP) is 5.81. The van der Waals surface area contributed by atoms with E-state index < -0.39 is 5.97 Å². The van der Waals surface area contributed by atoms with Gasteiger partial charge in [0.2, 0.25) is 0 Å². The summed E-state index contributed by atoms with van der Waals surface area (Å²) in [4.78, 5) is 14.6. The standard InChI is InChI=1S/C34H34N6O3/c1-3-27-20-39(19-25-9-4-5-13-32(25)43-27)18-22-8-6-10-23(14-22)24-11-7-12-26(15-24)40-33(30(17-35-40)34(41)42)29-16-28(29)31-21-38(2)37-36-31/h4-15,17,21,27-29H,3,16,18-20H2,1-2H3,(H,41,42). The van der Waals surface area contributed by atoms with Crippen molar-refractivity contribution in [1.29, 1.82) is 0 Å². The first kappa shape index (κ1) is 27.1. The molecule has 2 aromatic heterocycles. The molecule has 0 saturated heterocycles. The third kappa shape index (κ3) is 5.44. The van der Waals surface area contributed by atoms with Crippen molar-refractivity contribution >= 4 is 5.97 Å². The van der Waals surface area contributed by atoms with Crippen LogP contribution in [0.5, 0.6) is 5.75 Å². The zero-order chi connectivity index (χ0) is 29.5. The van der Waals surface area contributed by atoms with Crippen molar-refractivity contribution in [3.05, 3.63) is 113 Å². The SMILES string of the molecule is CCC1CN(Cc2cccc(-c3cccc(-n4ncc(C(=O)O)c4C4CC4c4cn(C)nn4)c3)c2)Cc2ccccc2O1. The summed E-state index contributed by atoms with van der Waals surface area (Å²) in [7, 11) is 1.84. The molecule has 1 aliphatic heterocycles. The van der Waals surface area contributed by atoms with Gasteiger partial charge in [0.05, 0.1) is 23.3 Å². The second-order valence-corrected chi connectivity index (χ2v) is 11.6. The molecule has 0 spiro atoms. The minimum Gasteiger partial charge on any atom is -0.489 e. The molecule has 218 valence electrons. The monoisotopic (exact) mass is 574 g/mol. The Morgan fingerprint density at radius 1 is 1.02 bits per heavy atom. The van der Waals surface area contributed by atoms with Crippen LogP contribution in [0.3, 0.4) is 0 Å². The van der Waals surface area contributed by atoms with Crippen molar-refractivity contribution in [1.82, 2.24) is 29.7 Å². The van der Waals surface area contributed by atoms with Gasteiger partial charge in [-0.2, -0.15) is 5.10 Å². The van der Waals surface area contributed by atoms with Gasteiger partial charge in [-0.3, -0.25) is 9.58 Å². The number of aryl methyl sites for hydroxylation is 1. The molecule has 0 amide bonds. The van der Waals surface area contributed by atoms with Gasteiger partial charge in [-0.15, -0.1) is 5.10 Å². The van der Waals surface area contributed by atoms with Crippen LogP contribution in [0, 0.1) is 0 Å². The fourth-order valence-electron chi connectivity index (χ4n) is 6.26. The van der Waals surface area contributed by atoms with Gasteiger partial charge in [0.25, 0.3) is 0 Å². The molecule has 9 heteroatoms. The molecule has 3 aromatic carbocycles. The lowest BCUT2D eigenvalue weighted by molar-refractivity contribution is 0.0695. The summed E-state index contributed by atoms with van der Waals surface area (Å²) in [6, 6.07) is 25.1. The van der Waals surface area contributed by atoms with Crippen LogP contribution >= 0.6 is 0 Å². The fourth-order valence-corrected chi connectivity index (χ4v) is 6.26. The normalized spacial score (nSPS) is 19.8. The first-order chi connectivity index (χ1) is 21.0. The Balaban J connectivity index is 1.16. The highest BCUT2D eigenvalue weighted by Gasteiger charge is 2.46. The Morgan fingerprint density at radius 2 is 1.84 bits per heavy atom. The summed E-state index contributed by atoms with van der Waals surface area (Å²) < 4.78 is 9.78. The number of benzene rings is 3. The summed E-state index contributed by atoms with van der Waals surface area (Å²) in [6.07, 6.45) is 5.29. The molecule has 3 unspecified atom stereocenters. The van der Waals surface area contributed by atoms with Gasteiger partial charge in [0.1, 0.15) is 17.4 Å². The Labute approximate surface area is 250 Å². The molecule has 43 heavy (non-hydrogen) atoms. The molecule has 1 N–H and O–H groups in total. The van der Waals surface area contributed by atoms with Crippen molar-refractivity contribution < 1.29 is 14.6 Å². The number of rotatable bonds is 8. The van der Waals surface area contributed by atoms with Crippen molar-refractivity contribution in [3.8, 4) is 22.6 Å². The highest BCUT2D eigenvalue weighted by atomic mass is 16.5. The van der Waals surface area contributed by atoms with Gasteiger partial charge in [-0.1, -0.05) is 60.7 Å². The maximum Gasteiger partial charge on any atom is 0.339 e. The van der Waals surface area contributed by atoms with Crippen LogP contribution in [0.25, 0.3) is 16.8 Å². The minimum absolute atomic E-state index is 0.0203. The molecule has 9 nitrogen and oxygen atoms in total. The number of hydrogen-bond acceptors (Lipinski definition) is 6. The molecule has 0 radical (unpaired) electrons. The predicted molar refractivity (Wildman–Crippen MR) is 162 cm³/mol. The highest BCUT2D eigenvalue weighted by Crippen LogP contribution is 2.55. The third-order valence-electron chi connectivity index (χ3n) is 8.51. The Bertz CT molecular complexity index is 1790. The third-order valence-corrected chi connectivity index (χ3v) is 8.51. The van der Waals surface area contributed by atoms with E-state index in [0.29, 0.717) is 5.69 Å². The topological polar surface area (TPSA) is 98.3 Å². The van der Waals surface area contributed by atoms with E-state index in [1.165, 1.54) is 17.3 Å². The van der Waals surface area contributed by atoms with Gasteiger partial charge in [-0.05, 0) is 53.8 Å². The number of fused-ring (bicyclic) bond motifs is 1. The van der Waals surface area contributed by atoms with E-state index in [9.17, 15) is 9.90 Å². The van der Waals surface area contributed by atoms with Crippen molar-refractivity contribution in [3.63, 3.8) is 0 Å². The lowest BCUT2D eigenvalue weighted by Crippen LogP contribution is -2.32. The number of carboxylic acid groups (broad SMARTS) is 1. The van der Waals surface area contributed by atoms with Gasteiger partial charge < -0.3 is 9.84 Å². The average Bonchev–Trinajstić information content (AvgIpc) is 3.53. The molecule has 0 bridgehead atoms. The maximum absolute atomic E-state index is 12.2. The first-order valence-electron chi connectivity index (χ1n) is 14.8. The Kier molecular flexibility index (Phi) is 7.02. The van der Waals surface area contributed by atoms with Crippen molar-refractivity contribution in [2.24, 2.45) is 7.05 Å². The number of nitrogens with zero attached hydrogens (tertiary/aromatic N) is 6. The average molecular weight is 575 g/mol. The second kappa shape index (κ2) is 11.1. The summed E-state index contributed by atoms with van der Waals surface area (Å²) in [6.45, 7) is 4.71. The quantitative estimate of drug-likeness (QED) is 0.250. The zero-order valence-electron chi connectivity index (χ0n) is 24.3. The number of hydrogen-bond donors (Lipinski definition) is 1. The number of aromatic nitrogens is 5. The molecule has 3 atom stereocenters. The van der Waals surface area contributed by atoms with Crippen molar-refractivity contribution in [2.75, 3.05) is 6.54 Å².